The van der Waals surface area contributed by atoms with Gasteiger partial charge in [0.05, 0.1) is 5.71 Å². The van der Waals surface area contributed by atoms with Crippen molar-refractivity contribution in [3.63, 3.8) is 0 Å². The molecule has 1 aliphatic carbocycles. The fraction of sp³-hybridized carbons (Fsp3) is 0.571. The van der Waals surface area contributed by atoms with Crippen LogP contribution in [0.2, 0.25) is 0 Å². The lowest BCUT2D eigenvalue weighted by molar-refractivity contribution is 0.377. The van der Waals surface area contributed by atoms with Crippen molar-refractivity contribution in [2.75, 3.05) is 0 Å². The second kappa shape index (κ2) is 6.14. The topological polar surface area (TPSA) is 50.4 Å². The summed E-state index contributed by atoms with van der Waals surface area (Å²) in [5.41, 5.74) is 12.0. The van der Waals surface area contributed by atoms with Gasteiger partial charge in [0, 0.05) is 0 Å². The van der Waals surface area contributed by atoms with Crippen molar-refractivity contribution < 1.29 is 0 Å². The largest absolute Gasteiger partial charge is 0.375 e. The standard InChI is InChI=1S/C14H23N3S/c1-10-6-5-9-14(3,4)12(10)8-7-11(2)16-17-13(15)18/h7-8H,5-6,9H2,1-4H3,(H3,15,17,18)/b8-7-,16-11-. The van der Waals surface area contributed by atoms with Crippen LogP contribution in [-0.2, 0) is 0 Å². The number of allylic oxidation sites excluding steroid dienone is 4. The molecule has 0 fully saturated rings. The van der Waals surface area contributed by atoms with Crippen LogP contribution in [0.3, 0.4) is 0 Å². The van der Waals surface area contributed by atoms with Gasteiger partial charge in [0.2, 0.25) is 0 Å². The molecule has 100 valence electrons. The van der Waals surface area contributed by atoms with Crippen molar-refractivity contribution in [2.45, 2.75) is 47.0 Å². The Bertz CT molecular complexity index is 417. The summed E-state index contributed by atoms with van der Waals surface area (Å²) < 4.78 is 0. The lowest BCUT2D eigenvalue weighted by Crippen LogP contribution is -2.24. The lowest BCUT2D eigenvalue weighted by Gasteiger charge is -2.32. The van der Waals surface area contributed by atoms with Crippen LogP contribution in [-0.4, -0.2) is 10.8 Å². The van der Waals surface area contributed by atoms with Gasteiger partial charge in [-0.25, -0.2) is 0 Å². The van der Waals surface area contributed by atoms with Crippen molar-refractivity contribution in [1.29, 1.82) is 0 Å². The zero-order chi connectivity index (χ0) is 13.8. The van der Waals surface area contributed by atoms with E-state index < -0.39 is 0 Å². The van der Waals surface area contributed by atoms with Crippen molar-refractivity contribution in [1.82, 2.24) is 5.43 Å². The quantitative estimate of drug-likeness (QED) is 0.468. The second-order valence-corrected chi connectivity index (χ2v) is 5.93. The van der Waals surface area contributed by atoms with E-state index in [1.165, 1.54) is 30.4 Å². The Hall–Kier alpha value is -1.16. The number of thiocarbonyl (C=S) groups is 1. The van der Waals surface area contributed by atoms with Crippen molar-refractivity contribution >= 4 is 23.0 Å². The number of hydrazone groups is 1. The molecule has 18 heavy (non-hydrogen) atoms. The van der Waals surface area contributed by atoms with Crippen molar-refractivity contribution in [3.8, 4) is 0 Å². The minimum atomic E-state index is 0.191. The first kappa shape index (κ1) is 14.9. The fourth-order valence-corrected chi connectivity index (χ4v) is 2.44. The Kier molecular flexibility index (Phi) is 5.08. The highest BCUT2D eigenvalue weighted by molar-refractivity contribution is 7.80. The molecule has 0 spiro atoms. The minimum absolute atomic E-state index is 0.191. The van der Waals surface area contributed by atoms with E-state index >= 15 is 0 Å². The highest BCUT2D eigenvalue weighted by Gasteiger charge is 2.26. The van der Waals surface area contributed by atoms with Crippen LogP contribution in [0.15, 0.2) is 28.4 Å². The van der Waals surface area contributed by atoms with Crippen LogP contribution in [0.4, 0.5) is 0 Å². The minimum Gasteiger partial charge on any atom is -0.375 e. The maximum absolute atomic E-state index is 5.32. The van der Waals surface area contributed by atoms with E-state index in [0.717, 1.165) is 5.71 Å². The molecule has 0 heterocycles. The Morgan fingerprint density at radius 2 is 2.17 bits per heavy atom. The van der Waals surface area contributed by atoms with E-state index in [4.69, 9.17) is 18.0 Å². The highest BCUT2D eigenvalue weighted by atomic mass is 32.1. The van der Waals surface area contributed by atoms with Gasteiger partial charge in [0.25, 0.3) is 0 Å². The van der Waals surface area contributed by atoms with Crippen LogP contribution in [0.5, 0.6) is 0 Å². The maximum Gasteiger partial charge on any atom is 0.184 e. The molecule has 0 radical (unpaired) electrons. The molecule has 0 amide bonds. The average Bonchev–Trinajstić information content (AvgIpc) is 2.24. The molecular weight excluding hydrogens is 242 g/mol. The monoisotopic (exact) mass is 265 g/mol. The zero-order valence-corrected chi connectivity index (χ0v) is 12.5. The van der Waals surface area contributed by atoms with Gasteiger partial charge in [-0.15, -0.1) is 0 Å². The number of hydrogen-bond donors (Lipinski definition) is 2. The number of nitrogens with one attached hydrogen (secondary N) is 1. The van der Waals surface area contributed by atoms with E-state index in [1.54, 1.807) is 0 Å². The average molecular weight is 265 g/mol. The summed E-state index contributed by atoms with van der Waals surface area (Å²) in [6, 6.07) is 0. The van der Waals surface area contributed by atoms with Crippen LogP contribution in [0.1, 0.15) is 47.0 Å². The molecule has 0 saturated carbocycles. The summed E-state index contributed by atoms with van der Waals surface area (Å²) >= 11 is 4.70. The molecule has 0 aliphatic heterocycles. The summed E-state index contributed by atoms with van der Waals surface area (Å²) in [5, 5.41) is 4.26. The molecule has 0 unspecified atom stereocenters. The Morgan fingerprint density at radius 3 is 2.72 bits per heavy atom. The van der Waals surface area contributed by atoms with Gasteiger partial charge in [0.1, 0.15) is 0 Å². The summed E-state index contributed by atoms with van der Waals surface area (Å²) in [7, 11) is 0. The molecule has 0 aromatic rings. The molecule has 1 aliphatic rings. The van der Waals surface area contributed by atoms with Crippen molar-refractivity contribution in [2.24, 2.45) is 16.3 Å². The molecular formula is C14H23N3S. The van der Waals surface area contributed by atoms with Crippen LogP contribution in [0.25, 0.3) is 0 Å². The van der Waals surface area contributed by atoms with E-state index in [2.05, 4.69) is 37.4 Å². The molecule has 3 nitrogen and oxygen atoms in total. The predicted molar refractivity (Wildman–Crippen MR) is 82.5 cm³/mol. The predicted octanol–water partition coefficient (Wildman–Crippen LogP) is 3.28. The van der Waals surface area contributed by atoms with E-state index in [-0.39, 0.29) is 10.5 Å². The summed E-state index contributed by atoms with van der Waals surface area (Å²) in [4.78, 5) is 0. The van der Waals surface area contributed by atoms with Crippen LogP contribution < -0.4 is 11.2 Å². The molecule has 0 aromatic heterocycles. The Balaban J connectivity index is 2.82. The Labute approximate surface area is 115 Å². The number of rotatable bonds is 3. The first-order valence-corrected chi connectivity index (χ1v) is 6.72. The Morgan fingerprint density at radius 1 is 1.50 bits per heavy atom. The molecule has 0 atom stereocenters. The molecule has 0 saturated heterocycles. The summed E-state index contributed by atoms with van der Waals surface area (Å²) in [6.07, 6.45) is 7.91. The van der Waals surface area contributed by atoms with Gasteiger partial charge in [-0.05, 0) is 62.4 Å². The van der Waals surface area contributed by atoms with Gasteiger partial charge in [-0.3, -0.25) is 5.43 Å². The van der Waals surface area contributed by atoms with Gasteiger partial charge in [-0.1, -0.05) is 25.5 Å². The SMILES string of the molecule is CC1=C(/C=C\C(C)=N/NC(N)=S)C(C)(C)CCC1. The second-order valence-electron chi connectivity index (χ2n) is 5.49. The van der Waals surface area contributed by atoms with Crippen LogP contribution in [0, 0.1) is 5.41 Å². The molecule has 4 heteroatoms. The third-order valence-corrected chi connectivity index (χ3v) is 3.47. The first-order valence-electron chi connectivity index (χ1n) is 6.31. The van der Waals surface area contributed by atoms with E-state index in [9.17, 15) is 0 Å². The van der Waals surface area contributed by atoms with E-state index in [1.807, 2.05) is 13.0 Å². The molecule has 0 bridgehead atoms. The zero-order valence-electron chi connectivity index (χ0n) is 11.7. The lowest BCUT2D eigenvalue weighted by atomic mass is 9.72. The molecule has 3 N–H and O–H groups in total. The van der Waals surface area contributed by atoms with E-state index in [0.29, 0.717) is 0 Å². The summed E-state index contributed by atoms with van der Waals surface area (Å²) in [5.74, 6) is 0. The van der Waals surface area contributed by atoms with Crippen molar-refractivity contribution in [3.05, 3.63) is 23.3 Å². The third-order valence-electron chi connectivity index (χ3n) is 3.38. The number of nitrogens with two attached hydrogens (primary N) is 1. The van der Waals surface area contributed by atoms with Gasteiger partial charge < -0.3 is 5.73 Å². The summed E-state index contributed by atoms with van der Waals surface area (Å²) in [6.45, 7) is 8.75. The smallest absolute Gasteiger partial charge is 0.184 e. The number of hydrogen-bond acceptors (Lipinski definition) is 2. The molecule has 1 rings (SSSR count). The third kappa shape index (κ3) is 4.26. The normalized spacial score (nSPS) is 20.3. The van der Waals surface area contributed by atoms with Gasteiger partial charge in [-0.2, -0.15) is 5.10 Å². The highest BCUT2D eigenvalue weighted by Crippen LogP contribution is 2.40. The fourth-order valence-electron chi connectivity index (χ4n) is 2.39. The first-order chi connectivity index (χ1) is 8.33. The maximum atomic E-state index is 5.32. The van der Waals surface area contributed by atoms with Gasteiger partial charge >= 0.3 is 0 Å². The molecule has 0 aromatic carbocycles. The number of nitrogens with zero attached hydrogens (tertiary/aromatic N) is 1. The van der Waals surface area contributed by atoms with Crippen LogP contribution >= 0.6 is 12.2 Å². The van der Waals surface area contributed by atoms with Gasteiger partial charge in [0.15, 0.2) is 5.11 Å².